The van der Waals surface area contributed by atoms with Crippen LogP contribution in [0.5, 0.6) is 0 Å². The summed E-state index contributed by atoms with van der Waals surface area (Å²) in [6.45, 7) is 2.01. The fourth-order valence-corrected chi connectivity index (χ4v) is 5.37. The predicted octanol–water partition coefficient (Wildman–Crippen LogP) is 4.42. The Kier molecular flexibility index (Phi) is 5.42. The van der Waals surface area contributed by atoms with Crippen molar-refractivity contribution in [3.05, 3.63) is 46.8 Å². The van der Waals surface area contributed by atoms with E-state index in [0.717, 1.165) is 40.8 Å². The summed E-state index contributed by atoms with van der Waals surface area (Å²) >= 11 is 5.14. The number of amides is 1. The van der Waals surface area contributed by atoms with E-state index in [1.165, 1.54) is 0 Å². The lowest BCUT2D eigenvalue weighted by Crippen LogP contribution is -2.35. The highest BCUT2D eigenvalue weighted by atomic mass is 79.9. The van der Waals surface area contributed by atoms with Gasteiger partial charge in [-0.3, -0.25) is 9.78 Å². The average Bonchev–Trinajstić information content (AvgIpc) is 3.54. The molecular formula is C22H22BrN7OS. The standard InChI is InChI=1S/C22H22BrN7OS/c1-22(20(31)24-2)8-7-14(9-22)27-21-26-10-16-18(23)29-30(19(16)28-21)15-5-3-13(4-6-15)17-11-25-12-32-17/h3-6,10-12,14H,7-9H2,1-2H3,(H,24,31)(H,26,27,28)/t14-,22-/m1/s1. The summed E-state index contributed by atoms with van der Waals surface area (Å²) in [6.07, 6.45) is 6.12. The van der Waals surface area contributed by atoms with Gasteiger partial charge < -0.3 is 10.6 Å². The number of fused-ring (bicyclic) bond motifs is 1. The van der Waals surface area contributed by atoms with Crippen LogP contribution in [0.15, 0.2) is 46.8 Å². The van der Waals surface area contributed by atoms with Crippen molar-refractivity contribution in [1.29, 1.82) is 0 Å². The van der Waals surface area contributed by atoms with E-state index in [4.69, 9.17) is 4.98 Å². The number of benzene rings is 1. The van der Waals surface area contributed by atoms with E-state index in [2.05, 4.69) is 53.8 Å². The molecule has 0 bridgehead atoms. The molecule has 0 unspecified atom stereocenters. The summed E-state index contributed by atoms with van der Waals surface area (Å²) in [5, 5.41) is 11.7. The SMILES string of the molecule is CNC(=O)[C@]1(C)CC[C@@H](Nc2ncc3c(Br)nn(-c4ccc(-c5cncs5)cc4)c3n2)C1. The largest absolute Gasteiger partial charge is 0.359 e. The van der Waals surface area contributed by atoms with E-state index in [1.807, 2.05) is 35.4 Å². The predicted molar refractivity (Wildman–Crippen MR) is 129 cm³/mol. The molecule has 32 heavy (non-hydrogen) atoms. The summed E-state index contributed by atoms with van der Waals surface area (Å²) in [4.78, 5) is 26.7. The summed E-state index contributed by atoms with van der Waals surface area (Å²) < 4.78 is 2.50. The maximum absolute atomic E-state index is 12.2. The minimum Gasteiger partial charge on any atom is -0.359 e. The highest BCUT2D eigenvalue weighted by Gasteiger charge is 2.40. The fraction of sp³-hybridized carbons (Fsp3) is 0.318. The lowest BCUT2D eigenvalue weighted by atomic mass is 9.87. The lowest BCUT2D eigenvalue weighted by molar-refractivity contribution is -0.129. The third kappa shape index (κ3) is 3.77. The zero-order valence-corrected chi connectivity index (χ0v) is 20.1. The summed E-state index contributed by atoms with van der Waals surface area (Å²) in [6, 6.07) is 8.31. The van der Waals surface area contributed by atoms with E-state index in [1.54, 1.807) is 24.6 Å². The summed E-state index contributed by atoms with van der Waals surface area (Å²) in [5.74, 6) is 0.626. The van der Waals surface area contributed by atoms with E-state index >= 15 is 0 Å². The number of halogens is 1. The number of hydrogen-bond acceptors (Lipinski definition) is 7. The smallest absolute Gasteiger partial charge is 0.225 e. The number of rotatable bonds is 5. The van der Waals surface area contributed by atoms with Gasteiger partial charge in [0.25, 0.3) is 0 Å². The Hall–Kier alpha value is -2.85. The number of carbonyl (C=O) groups is 1. The van der Waals surface area contributed by atoms with Gasteiger partial charge in [0, 0.05) is 30.9 Å². The Morgan fingerprint density at radius 3 is 2.81 bits per heavy atom. The Morgan fingerprint density at radius 1 is 1.28 bits per heavy atom. The van der Waals surface area contributed by atoms with Crippen LogP contribution in [0.2, 0.25) is 0 Å². The van der Waals surface area contributed by atoms with Gasteiger partial charge in [0.05, 0.1) is 21.5 Å². The molecule has 1 fully saturated rings. The van der Waals surface area contributed by atoms with Crippen molar-refractivity contribution >= 4 is 50.2 Å². The van der Waals surface area contributed by atoms with Gasteiger partial charge >= 0.3 is 0 Å². The number of hydrogen-bond donors (Lipinski definition) is 2. The number of nitrogens with zero attached hydrogens (tertiary/aromatic N) is 5. The Balaban J connectivity index is 1.42. The molecule has 0 saturated heterocycles. The van der Waals surface area contributed by atoms with Gasteiger partial charge in [0.1, 0.15) is 4.60 Å². The molecule has 2 N–H and O–H groups in total. The van der Waals surface area contributed by atoms with Gasteiger partial charge in [0.2, 0.25) is 11.9 Å². The molecule has 0 spiro atoms. The van der Waals surface area contributed by atoms with Gasteiger partial charge in [-0.1, -0.05) is 19.1 Å². The van der Waals surface area contributed by atoms with Crippen LogP contribution >= 0.6 is 27.3 Å². The minimum atomic E-state index is -0.360. The molecule has 3 aromatic heterocycles. The zero-order valence-electron chi connectivity index (χ0n) is 17.7. The van der Waals surface area contributed by atoms with Crippen LogP contribution in [0.3, 0.4) is 0 Å². The third-order valence-corrected chi connectivity index (χ3v) is 7.47. The quantitative estimate of drug-likeness (QED) is 0.411. The molecule has 1 aliphatic rings. The van der Waals surface area contributed by atoms with E-state index in [9.17, 15) is 4.79 Å². The monoisotopic (exact) mass is 511 g/mol. The molecule has 1 aliphatic carbocycles. The molecule has 0 aliphatic heterocycles. The summed E-state index contributed by atoms with van der Waals surface area (Å²) in [5.41, 5.74) is 4.21. The molecule has 0 radical (unpaired) electrons. The van der Waals surface area contributed by atoms with Crippen molar-refractivity contribution in [1.82, 2.24) is 30.0 Å². The molecule has 5 rings (SSSR count). The van der Waals surface area contributed by atoms with Crippen LogP contribution in [0.25, 0.3) is 27.2 Å². The van der Waals surface area contributed by atoms with Gasteiger partial charge in [-0.15, -0.1) is 11.3 Å². The molecule has 10 heteroatoms. The van der Waals surface area contributed by atoms with Crippen molar-refractivity contribution in [2.24, 2.45) is 5.41 Å². The van der Waals surface area contributed by atoms with Crippen LogP contribution in [0.4, 0.5) is 5.95 Å². The molecule has 1 saturated carbocycles. The van der Waals surface area contributed by atoms with Crippen molar-refractivity contribution < 1.29 is 4.79 Å². The van der Waals surface area contributed by atoms with Crippen LogP contribution in [-0.4, -0.2) is 43.7 Å². The first-order chi connectivity index (χ1) is 15.5. The number of thiazole rings is 1. The normalized spacial score (nSPS) is 20.5. The van der Waals surface area contributed by atoms with E-state index in [0.29, 0.717) is 16.2 Å². The van der Waals surface area contributed by atoms with E-state index < -0.39 is 0 Å². The lowest BCUT2D eigenvalue weighted by Gasteiger charge is -2.22. The molecule has 1 aromatic carbocycles. The average molecular weight is 512 g/mol. The molecule has 2 atom stereocenters. The van der Waals surface area contributed by atoms with Crippen LogP contribution < -0.4 is 10.6 Å². The second-order valence-corrected chi connectivity index (χ2v) is 9.91. The topological polar surface area (TPSA) is 97.6 Å². The number of aromatic nitrogens is 5. The van der Waals surface area contributed by atoms with Crippen molar-refractivity contribution in [2.45, 2.75) is 32.2 Å². The zero-order chi connectivity index (χ0) is 22.3. The maximum Gasteiger partial charge on any atom is 0.225 e. The Morgan fingerprint density at radius 2 is 2.09 bits per heavy atom. The molecule has 4 aromatic rings. The minimum absolute atomic E-state index is 0.0851. The van der Waals surface area contributed by atoms with Gasteiger partial charge in [-0.2, -0.15) is 10.1 Å². The number of nitrogens with one attached hydrogen (secondary N) is 2. The second kappa shape index (κ2) is 8.25. The molecule has 3 heterocycles. The van der Waals surface area contributed by atoms with Crippen molar-refractivity contribution in [2.75, 3.05) is 12.4 Å². The number of anilines is 1. The van der Waals surface area contributed by atoms with Crippen LogP contribution in [-0.2, 0) is 4.79 Å². The Bertz CT molecular complexity index is 1270. The van der Waals surface area contributed by atoms with Crippen molar-refractivity contribution in [3.63, 3.8) is 0 Å². The molecule has 1 amide bonds. The fourth-order valence-electron chi connectivity index (χ4n) is 4.30. The van der Waals surface area contributed by atoms with Crippen LogP contribution in [0, 0.1) is 5.41 Å². The highest BCUT2D eigenvalue weighted by molar-refractivity contribution is 9.10. The summed E-state index contributed by atoms with van der Waals surface area (Å²) in [7, 11) is 1.69. The van der Waals surface area contributed by atoms with Gasteiger partial charge in [-0.25, -0.2) is 9.67 Å². The van der Waals surface area contributed by atoms with Gasteiger partial charge in [0.15, 0.2) is 5.65 Å². The highest BCUT2D eigenvalue weighted by Crippen LogP contribution is 2.39. The number of carbonyl (C=O) groups excluding carboxylic acids is 1. The third-order valence-electron chi connectivity index (χ3n) is 6.06. The second-order valence-electron chi connectivity index (χ2n) is 8.27. The van der Waals surface area contributed by atoms with Gasteiger partial charge in [-0.05, 0) is 52.9 Å². The first-order valence-corrected chi connectivity index (χ1v) is 12.0. The first kappa shape index (κ1) is 21.0. The van der Waals surface area contributed by atoms with E-state index in [-0.39, 0.29) is 17.4 Å². The molecule has 8 nitrogen and oxygen atoms in total. The molecule has 164 valence electrons. The molecular weight excluding hydrogens is 490 g/mol. The van der Waals surface area contributed by atoms with Crippen molar-refractivity contribution in [3.8, 4) is 16.1 Å². The maximum atomic E-state index is 12.2. The van der Waals surface area contributed by atoms with Crippen LogP contribution in [0.1, 0.15) is 26.2 Å². The Labute approximate surface area is 197 Å². The first-order valence-electron chi connectivity index (χ1n) is 10.4.